The van der Waals surface area contributed by atoms with Crippen molar-refractivity contribution in [3.63, 3.8) is 0 Å². The normalized spacial score (nSPS) is 13.4. The van der Waals surface area contributed by atoms with Gasteiger partial charge < -0.3 is 9.13 Å². The maximum atomic E-state index is 13.6. The zero-order valence-electron chi connectivity index (χ0n) is 22.1. The summed E-state index contributed by atoms with van der Waals surface area (Å²) in [5.74, 6) is 0. The highest BCUT2D eigenvalue weighted by Gasteiger charge is 2.33. The van der Waals surface area contributed by atoms with Crippen LogP contribution in [0.4, 0.5) is 0 Å². The Labute approximate surface area is 207 Å². The van der Waals surface area contributed by atoms with Crippen LogP contribution >= 0.6 is 14.3 Å². The molecule has 0 atom stereocenters. The molecule has 34 heavy (non-hydrogen) atoms. The maximum Gasteiger partial charge on any atom is 0.120 e. The van der Waals surface area contributed by atoms with Gasteiger partial charge in [-0.05, 0) is 23.3 Å². The van der Waals surface area contributed by atoms with Crippen LogP contribution in [0.5, 0.6) is 0 Å². The highest BCUT2D eigenvalue weighted by atomic mass is 31.2. The first-order valence-electron chi connectivity index (χ1n) is 12.3. The van der Waals surface area contributed by atoms with Crippen LogP contribution in [0.1, 0.15) is 66.5 Å². The van der Waals surface area contributed by atoms with Gasteiger partial charge in [-0.15, -0.1) is 0 Å². The van der Waals surface area contributed by atoms with Crippen LogP contribution in [0.2, 0.25) is 0 Å². The highest BCUT2D eigenvalue weighted by Crippen LogP contribution is 2.54. The number of rotatable bonds is 11. The Morgan fingerprint density at radius 2 is 0.941 bits per heavy atom. The predicted octanol–water partition coefficient (Wildman–Crippen LogP) is 6.84. The van der Waals surface area contributed by atoms with Crippen molar-refractivity contribution >= 4 is 37.3 Å². The summed E-state index contributed by atoms with van der Waals surface area (Å²) in [6.07, 6.45) is 3.68. The standard InChI is InChI=1S/C28H42N2O2P2/c1-21(2)33(31,22(3)4)27-13-9-11-25(17-27)19-29-15-16-30-20-26-12-10-14-28(18-26)34(32,23(5)6)24(7)8/h9-14,17-24H,15-16H2,1-8H3. The van der Waals surface area contributed by atoms with Gasteiger partial charge in [0.15, 0.2) is 0 Å². The number of nitrogens with zero attached hydrogens (tertiary/aromatic N) is 2. The summed E-state index contributed by atoms with van der Waals surface area (Å²) in [7, 11) is -4.92. The molecule has 0 unspecified atom stereocenters. The Balaban J connectivity index is 2.05. The van der Waals surface area contributed by atoms with E-state index in [9.17, 15) is 9.13 Å². The van der Waals surface area contributed by atoms with E-state index >= 15 is 0 Å². The largest absolute Gasteiger partial charge is 0.318 e. The number of aliphatic imine (C=N–C) groups is 2. The smallest absolute Gasteiger partial charge is 0.120 e. The van der Waals surface area contributed by atoms with Gasteiger partial charge in [-0.1, -0.05) is 91.8 Å². The van der Waals surface area contributed by atoms with E-state index < -0.39 is 14.3 Å². The number of hydrogen-bond donors (Lipinski definition) is 0. The second-order valence-electron chi connectivity index (χ2n) is 10.1. The minimum absolute atomic E-state index is 0.113. The van der Waals surface area contributed by atoms with Gasteiger partial charge in [0.2, 0.25) is 0 Å². The monoisotopic (exact) mass is 500 g/mol. The molecular weight excluding hydrogens is 458 g/mol. The second kappa shape index (κ2) is 12.3. The SMILES string of the molecule is CC(C)P(=O)(c1cccc(C=NCCN=Cc2cccc(P(=O)(C(C)C)C(C)C)c2)c1)C(C)C. The van der Waals surface area contributed by atoms with Crippen LogP contribution < -0.4 is 10.6 Å². The predicted molar refractivity (Wildman–Crippen MR) is 153 cm³/mol. The van der Waals surface area contributed by atoms with Gasteiger partial charge in [0, 0.05) is 45.7 Å². The van der Waals surface area contributed by atoms with Crippen LogP contribution in [0.25, 0.3) is 0 Å². The molecule has 0 saturated carbocycles. The second-order valence-corrected chi connectivity index (χ2v) is 18.1. The first kappa shape index (κ1) is 28.5. The molecule has 2 rings (SSSR count). The highest BCUT2D eigenvalue weighted by molar-refractivity contribution is 7.73. The quantitative estimate of drug-likeness (QED) is 0.193. The van der Waals surface area contributed by atoms with E-state index in [4.69, 9.17) is 0 Å². The molecule has 0 spiro atoms. The van der Waals surface area contributed by atoms with Crippen LogP contribution in [0.3, 0.4) is 0 Å². The van der Waals surface area contributed by atoms with Crippen LogP contribution in [-0.2, 0) is 9.13 Å². The third kappa shape index (κ3) is 6.46. The lowest BCUT2D eigenvalue weighted by molar-refractivity contribution is 0.568. The van der Waals surface area contributed by atoms with Crippen molar-refractivity contribution in [2.24, 2.45) is 9.98 Å². The van der Waals surface area contributed by atoms with Gasteiger partial charge in [0.05, 0.1) is 13.1 Å². The molecule has 0 saturated heterocycles. The van der Waals surface area contributed by atoms with E-state index in [1.165, 1.54) is 0 Å². The summed E-state index contributed by atoms with van der Waals surface area (Å²) in [6.45, 7) is 17.5. The lowest BCUT2D eigenvalue weighted by Gasteiger charge is -2.26. The molecule has 0 aromatic heterocycles. The lowest BCUT2D eigenvalue weighted by atomic mass is 10.2. The van der Waals surface area contributed by atoms with Crippen molar-refractivity contribution in [3.05, 3.63) is 59.7 Å². The van der Waals surface area contributed by atoms with E-state index in [1.807, 2.05) is 116 Å². The fraction of sp³-hybridized carbons (Fsp3) is 0.500. The molecule has 186 valence electrons. The van der Waals surface area contributed by atoms with Gasteiger partial charge >= 0.3 is 0 Å². The lowest BCUT2D eigenvalue weighted by Crippen LogP contribution is -2.20. The molecule has 0 fully saturated rings. The third-order valence-corrected chi connectivity index (χ3v) is 14.8. The molecule has 0 bridgehead atoms. The van der Waals surface area contributed by atoms with Gasteiger partial charge in [-0.3, -0.25) is 9.98 Å². The summed E-state index contributed by atoms with van der Waals surface area (Å²) in [6, 6.07) is 15.9. The first-order valence-corrected chi connectivity index (χ1v) is 16.0. The van der Waals surface area contributed by atoms with Gasteiger partial charge in [-0.25, -0.2) is 0 Å². The topological polar surface area (TPSA) is 58.9 Å². The molecule has 0 aliphatic rings. The molecule has 2 aromatic carbocycles. The molecule has 4 nitrogen and oxygen atoms in total. The van der Waals surface area contributed by atoms with Crippen molar-refractivity contribution in [1.29, 1.82) is 0 Å². The van der Waals surface area contributed by atoms with E-state index in [-0.39, 0.29) is 22.6 Å². The van der Waals surface area contributed by atoms with Crippen molar-refractivity contribution in [3.8, 4) is 0 Å². The Morgan fingerprint density at radius 1 is 0.618 bits per heavy atom. The molecule has 0 radical (unpaired) electrons. The molecular formula is C28H42N2O2P2. The van der Waals surface area contributed by atoms with E-state index in [2.05, 4.69) is 9.98 Å². The van der Waals surface area contributed by atoms with Crippen molar-refractivity contribution < 1.29 is 9.13 Å². The fourth-order valence-electron chi connectivity index (χ4n) is 4.49. The van der Waals surface area contributed by atoms with Gasteiger partial charge in [0.1, 0.15) is 14.3 Å². The van der Waals surface area contributed by atoms with Crippen LogP contribution in [-0.4, -0.2) is 48.2 Å². The average Bonchev–Trinajstić information content (AvgIpc) is 2.79. The molecule has 0 N–H and O–H groups in total. The Hall–Kier alpha value is -1.76. The van der Waals surface area contributed by atoms with Crippen molar-refractivity contribution in [2.75, 3.05) is 13.1 Å². The minimum Gasteiger partial charge on any atom is -0.318 e. The number of hydrogen-bond acceptors (Lipinski definition) is 4. The molecule has 0 aliphatic carbocycles. The molecule has 6 heteroatoms. The Bertz CT molecular complexity index is 990. The van der Waals surface area contributed by atoms with Crippen LogP contribution in [0, 0.1) is 0 Å². The fourth-order valence-corrected chi connectivity index (χ4v) is 10.6. The Morgan fingerprint density at radius 3 is 1.24 bits per heavy atom. The molecule has 0 amide bonds. The zero-order valence-corrected chi connectivity index (χ0v) is 23.9. The van der Waals surface area contributed by atoms with Gasteiger partial charge in [0.25, 0.3) is 0 Å². The molecule has 2 aromatic rings. The van der Waals surface area contributed by atoms with Crippen molar-refractivity contribution in [1.82, 2.24) is 0 Å². The summed E-state index contributed by atoms with van der Waals surface area (Å²) in [4.78, 5) is 9.03. The average molecular weight is 501 g/mol. The minimum atomic E-state index is -2.46. The first-order chi connectivity index (χ1) is 15.9. The van der Waals surface area contributed by atoms with E-state index in [0.717, 1.165) is 21.7 Å². The number of benzene rings is 2. The summed E-state index contributed by atoms with van der Waals surface area (Å²) in [5, 5.41) is 1.86. The summed E-state index contributed by atoms with van der Waals surface area (Å²) >= 11 is 0. The van der Waals surface area contributed by atoms with Crippen molar-refractivity contribution in [2.45, 2.75) is 78.0 Å². The Kier molecular flexibility index (Phi) is 10.3. The van der Waals surface area contributed by atoms with Gasteiger partial charge in [-0.2, -0.15) is 0 Å². The molecule has 0 heterocycles. The summed E-state index contributed by atoms with van der Waals surface area (Å²) in [5.41, 5.74) is 2.39. The molecule has 0 aliphatic heterocycles. The van der Waals surface area contributed by atoms with Crippen LogP contribution in [0.15, 0.2) is 58.5 Å². The third-order valence-electron chi connectivity index (χ3n) is 6.46. The zero-order chi connectivity index (χ0) is 25.5. The van der Waals surface area contributed by atoms with E-state index in [1.54, 1.807) is 0 Å². The van der Waals surface area contributed by atoms with E-state index in [0.29, 0.717) is 13.1 Å². The maximum absolute atomic E-state index is 13.6. The summed E-state index contributed by atoms with van der Waals surface area (Å²) < 4.78 is 27.2.